The van der Waals surface area contributed by atoms with Crippen LogP contribution in [0.15, 0.2) is 18.6 Å². The van der Waals surface area contributed by atoms with Crippen molar-refractivity contribution < 1.29 is 0 Å². The molecule has 2 unspecified atom stereocenters. The van der Waals surface area contributed by atoms with Gasteiger partial charge in [-0.3, -0.25) is 0 Å². The lowest BCUT2D eigenvalue weighted by molar-refractivity contribution is 0.494. The number of nitrogens with zero attached hydrogens (tertiary/aromatic N) is 4. The normalized spacial score (nSPS) is 23.8. The lowest BCUT2D eigenvalue weighted by atomic mass is 10.0. The third-order valence-corrected chi connectivity index (χ3v) is 3.79. The van der Waals surface area contributed by atoms with E-state index < -0.39 is 0 Å². The molecule has 0 aliphatic carbocycles. The summed E-state index contributed by atoms with van der Waals surface area (Å²) in [6.07, 6.45) is 5.53. The maximum Gasteiger partial charge on any atom is 0.180 e. The van der Waals surface area contributed by atoms with Gasteiger partial charge in [-0.25, -0.2) is 15.8 Å². The summed E-state index contributed by atoms with van der Waals surface area (Å²) in [4.78, 5) is 11.2. The number of hydrogen-bond acceptors (Lipinski definition) is 5. The van der Waals surface area contributed by atoms with Crippen LogP contribution in [-0.4, -0.2) is 27.5 Å². The van der Waals surface area contributed by atoms with Crippen molar-refractivity contribution in [3.8, 4) is 0 Å². The van der Waals surface area contributed by atoms with E-state index in [1.165, 1.54) is 0 Å². The molecule has 0 radical (unpaired) electrons. The van der Waals surface area contributed by atoms with Gasteiger partial charge in [0.25, 0.3) is 0 Å². The van der Waals surface area contributed by atoms with Crippen LogP contribution in [0.1, 0.15) is 13.8 Å². The smallest absolute Gasteiger partial charge is 0.180 e. The largest absolute Gasteiger partial charge is 0.353 e. The average molecular weight is 246 g/mol. The molecule has 3 heterocycles. The van der Waals surface area contributed by atoms with Crippen LogP contribution in [0, 0.1) is 11.8 Å². The number of hydrazine groups is 1. The summed E-state index contributed by atoms with van der Waals surface area (Å²) >= 11 is 0. The Labute approximate surface area is 106 Å². The Morgan fingerprint density at radius 3 is 2.72 bits per heavy atom. The Hall–Kier alpha value is -1.82. The fourth-order valence-corrected chi connectivity index (χ4v) is 2.50. The van der Waals surface area contributed by atoms with Crippen LogP contribution in [0.5, 0.6) is 0 Å². The molecule has 2 atom stereocenters. The van der Waals surface area contributed by atoms with Crippen LogP contribution in [0.25, 0.3) is 5.65 Å². The number of imidazole rings is 1. The number of nitrogens with one attached hydrogen (secondary N) is 1. The Kier molecular flexibility index (Phi) is 2.59. The van der Waals surface area contributed by atoms with Gasteiger partial charge in [0.15, 0.2) is 17.3 Å². The monoisotopic (exact) mass is 246 g/mol. The molecule has 0 amide bonds. The molecule has 0 bridgehead atoms. The van der Waals surface area contributed by atoms with Crippen LogP contribution in [0.2, 0.25) is 0 Å². The quantitative estimate of drug-likeness (QED) is 0.613. The minimum atomic E-state index is 0.655. The van der Waals surface area contributed by atoms with E-state index in [4.69, 9.17) is 5.84 Å². The highest BCUT2D eigenvalue weighted by molar-refractivity contribution is 5.67. The summed E-state index contributed by atoms with van der Waals surface area (Å²) in [5, 5.41) is 0. The molecule has 0 saturated carbocycles. The third kappa shape index (κ3) is 1.69. The van der Waals surface area contributed by atoms with Crippen LogP contribution >= 0.6 is 0 Å². The van der Waals surface area contributed by atoms with Gasteiger partial charge in [-0.2, -0.15) is 0 Å². The highest BCUT2D eigenvalue weighted by Crippen LogP contribution is 2.29. The predicted molar refractivity (Wildman–Crippen MR) is 71.3 cm³/mol. The van der Waals surface area contributed by atoms with Crippen LogP contribution < -0.4 is 16.2 Å². The molecule has 0 spiro atoms. The maximum atomic E-state index is 5.47. The second-order valence-electron chi connectivity index (χ2n) is 5.11. The number of nitrogens with two attached hydrogens (primary N) is 1. The van der Waals surface area contributed by atoms with Crippen LogP contribution in [-0.2, 0) is 0 Å². The van der Waals surface area contributed by atoms with Gasteiger partial charge in [0, 0.05) is 25.5 Å². The molecule has 1 saturated heterocycles. The highest BCUT2D eigenvalue weighted by Gasteiger charge is 2.28. The fraction of sp³-hybridized carbons (Fsp3) is 0.500. The van der Waals surface area contributed by atoms with Crippen molar-refractivity contribution in [1.29, 1.82) is 0 Å². The zero-order valence-electron chi connectivity index (χ0n) is 10.7. The van der Waals surface area contributed by atoms with E-state index in [1.54, 1.807) is 6.20 Å². The molecule has 0 aromatic carbocycles. The third-order valence-electron chi connectivity index (χ3n) is 3.79. The van der Waals surface area contributed by atoms with Crippen LogP contribution in [0.4, 0.5) is 11.6 Å². The maximum absolute atomic E-state index is 5.47. The first-order chi connectivity index (χ1) is 8.69. The van der Waals surface area contributed by atoms with E-state index in [0.29, 0.717) is 17.7 Å². The van der Waals surface area contributed by atoms with Crippen molar-refractivity contribution in [3.63, 3.8) is 0 Å². The molecule has 18 heavy (non-hydrogen) atoms. The minimum Gasteiger partial charge on any atom is -0.353 e. The van der Waals surface area contributed by atoms with E-state index in [0.717, 1.165) is 24.6 Å². The molecule has 2 aromatic rings. The zero-order chi connectivity index (χ0) is 12.7. The van der Waals surface area contributed by atoms with E-state index in [-0.39, 0.29) is 0 Å². The van der Waals surface area contributed by atoms with Gasteiger partial charge >= 0.3 is 0 Å². The summed E-state index contributed by atoms with van der Waals surface area (Å²) in [5.74, 6) is 8.39. The Balaban J connectivity index is 2.07. The average Bonchev–Trinajstić information content (AvgIpc) is 2.95. The molecule has 1 aliphatic rings. The zero-order valence-corrected chi connectivity index (χ0v) is 10.7. The van der Waals surface area contributed by atoms with Crippen molar-refractivity contribution >= 4 is 17.3 Å². The van der Waals surface area contributed by atoms with Gasteiger partial charge in [-0.1, -0.05) is 13.8 Å². The number of nitrogen functional groups attached to an aromatic ring is 1. The van der Waals surface area contributed by atoms with Gasteiger partial charge in [0.2, 0.25) is 0 Å². The number of rotatable bonds is 2. The predicted octanol–water partition coefficient (Wildman–Crippen LogP) is 1.11. The first-order valence-corrected chi connectivity index (χ1v) is 6.24. The first kappa shape index (κ1) is 11.3. The summed E-state index contributed by atoms with van der Waals surface area (Å²) in [7, 11) is 0. The van der Waals surface area contributed by atoms with Crippen molar-refractivity contribution in [1.82, 2.24) is 14.4 Å². The van der Waals surface area contributed by atoms with Crippen LogP contribution in [0.3, 0.4) is 0 Å². The van der Waals surface area contributed by atoms with Crippen molar-refractivity contribution in [2.75, 3.05) is 23.4 Å². The van der Waals surface area contributed by atoms with Gasteiger partial charge in [0.1, 0.15) is 0 Å². The van der Waals surface area contributed by atoms with E-state index in [1.807, 2.05) is 16.8 Å². The molecule has 1 aliphatic heterocycles. The number of anilines is 2. The van der Waals surface area contributed by atoms with Crippen molar-refractivity contribution in [2.45, 2.75) is 13.8 Å². The minimum absolute atomic E-state index is 0.655. The fourth-order valence-electron chi connectivity index (χ4n) is 2.50. The molecular weight excluding hydrogens is 228 g/mol. The lowest BCUT2D eigenvalue weighted by Gasteiger charge is -2.18. The molecule has 1 fully saturated rings. The van der Waals surface area contributed by atoms with Crippen molar-refractivity contribution in [3.05, 3.63) is 18.6 Å². The van der Waals surface area contributed by atoms with Gasteiger partial charge < -0.3 is 14.7 Å². The van der Waals surface area contributed by atoms with Gasteiger partial charge in [-0.15, -0.1) is 0 Å². The van der Waals surface area contributed by atoms with E-state index >= 15 is 0 Å². The summed E-state index contributed by atoms with van der Waals surface area (Å²) in [5.41, 5.74) is 3.49. The van der Waals surface area contributed by atoms with E-state index in [2.05, 4.69) is 34.1 Å². The SMILES string of the molecule is CC1CN(c2nc(NN)cn3ccnc23)CC1C. The Morgan fingerprint density at radius 2 is 2.06 bits per heavy atom. The molecule has 3 N–H and O–H groups in total. The molecule has 3 rings (SSSR count). The number of fused-ring (bicyclic) bond motifs is 1. The molecule has 6 heteroatoms. The molecule has 96 valence electrons. The molecule has 2 aromatic heterocycles. The lowest BCUT2D eigenvalue weighted by Crippen LogP contribution is -2.23. The Morgan fingerprint density at radius 1 is 1.33 bits per heavy atom. The number of hydrogen-bond donors (Lipinski definition) is 2. The molecule has 6 nitrogen and oxygen atoms in total. The highest BCUT2D eigenvalue weighted by atomic mass is 15.3. The second kappa shape index (κ2) is 4.13. The standard InChI is InChI=1S/C12H18N6/c1-8-5-18(6-9(8)2)12-11-14-3-4-17(11)7-10(15-12)16-13/h3-4,7-9,16H,5-6,13H2,1-2H3. The van der Waals surface area contributed by atoms with Crippen molar-refractivity contribution in [2.24, 2.45) is 17.7 Å². The summed E-state index contributed by atoms with van der Waals surface area (Å²) < 4.78 is 1.95. The van der Waals surface area contributed by atoms with Gasteiger partial charge in [-0.05, 0) is 11.8 Å². The second-order valence-corrected chi connectivity index (χ2v) is 5.11. The summed E-state index contributed by atoms with van der Waals surface area (Å²) in [6.45, 7) is 6.59. The molecular formula is C12H18N6. The summed E-state index contributed by atoms with van der Waals surface area (Å²) in [6, 6.07) is 0. The Bertz CT molecular complexity index is 553. The number of aromatic nitrogens is 3. The van der Waals surface area contributed by atoms with E-state index in [9.17, 15) is 0 Å². The van der Waals surface area contributed by atoms with Gasteiger partial charge in [0.05, 0.1) is 6.20 Å². The topological polar surface area (TPSA) is 71.5 Å². The first-order valence-electron chi connectivity index (χ1n) is 6.24.